The first-order valence-electron chi connectivity index (χ1n) is 6.52. The molecule has 1 saturated carbocycles. The molecule has 19 heavy (non-hydrogen) atoms. The first-order chi connectivity index (χ1) is 9.24. The van der Waals surface area contributed by atoms with E-state index in [-0.39, 0.29) is 5.91 Å². The molecule has 0 bridgehead atoms. The normalized spacial score (nSPS) is 15.8. The van der Waals surface area contributed by atoms with Crippen LogP contribution in [0, 0.1) is 6.92 Å². The van der Waals surface area contributed by atoms with E-state index in [1.165, 1.54) is 24.2 Å². The van der Waals surface area contributed by atoms with Gasteiger partial charge >= 0.3 is 0 Å². The minimum absolute atomic E-state index is 0.000283. The second-order valence-electron chi connectivity index (χ2n) is 4.82. The maximum absolute atomic E-state index is 12.2. The van der Waals surface area contributed by atoms with Gasteiger partial charge in [-0.15, -0.1) is 0 Å². The molecule has 0 saturated heterocycles. The summed E-state index contributed by atoms with van der Waals surface area (Å²) in [5, 5.41) is 7.97. The summed E-state index contributed by atoms with van der Waals surface area (Å²) >= 11 is 1.39. The van der Waals surface area contributed by atoms with E-state index in [1.54, 1.807) is 10.9 Å². The zero-order valence-corrected chi connectivity index (χ0v) is 11.6. The van der Waals surface area contributed by atoms with Gasteiger partial charge in [0.05, 0.1) is 5.69 Å². The van der Waals surface area contributed by atoms with Crippen LogP contribution in [0.3, 0.4) is 0 Å². The van der Waals surface area contributed by atoms with Crippen molar-refractivity contribution in [3.63, 3.8) is 0 Å². The smallest absolute Gasteiger partial charge is 0.263 e. The van der Waals surface area contributed by atoms with Gasteiger partial charge in [-0.3, -0.25) is 4.79 Å². The predicted molar refractivity (Wildman–Crippen MR) is 73.7 cm³/mol. The Labute approximate surface area is 115 Å². The summed E-state index contributed by atoms with van der Waals surface area (Å²) in [6, 6.07) is 2.18. The van der Waals surface area contributed by atoms with Crippen molar-refractivity contribution < 1.29 is 4.79 Å². The number of hydrogen-bond acceptors (Lipinski definition) is 4. The molecule has 1 aliphatic rings. The Kier molecular flexibility index (Phi) is 3.33. The van der Waals surface area contributed by atoms with Crippen LogP contribution >= 0.6 is 11.3 Å². The predicted octanol–water partition coefficient (Wildman–Crippen LogP) is 2.31. The van der Waals surface area contributed by atoms with Crippen LogP contribution in [-0.2, 0) is 0 Å². The monoisotopic (exact) mass is 276 g/mol. The van der Waals surface area contributed by atoms with Crippen molar-refractivity contribution in [2.75, 3.05) is 0 Å². The summed E-state index contributed by atoms with van der Waals surface area (Å²) in [6.07, 6.45) is 8.15. The highest BCUT2D eigenvalue weighted by Gasteiger charge is 2.21. The Morgan fingerprint density at radius 1 is 1.47 bits per heavy atom. The lowest BCUT2D eigenvalue weighted by Crippen LogP contribution is -2.32. The average molecular weight is 276 g/mol. The summed E-state index contributed by atoms with van der Waals surface area (Å²) in [6.45, 7) is 1.87. The summed E-state index contributed by atoms with van der Waals surface area (Å²) in [4.78, 5) is 17.3. The first-order valence-corrected chi connectivity index (χ1v) is 7.34. The quantitative estimate of drug-likeness (QED) is 0.935. The molecule has 0 radical (unpaired) electrons. The number of carbonyl (C=O) groups is 1. The molecule has 3 rings (SSSR count). The van der Waals surface area contributed by atoms with Crippen LogP contribution in [-0.4, -0.2) is 26.7 Å². The molecule has 0 atom stereocenters. The Morgan fingerprint density at radius 2 is 2.26 bits per heavy atom. The maximum Gasteiger partial charge on any atom is 0.263 e. The van der Waals surface area contributed by atoms with E-state index in [9.17, 15) is 4.79 Å². The van der Waals surface area contributed by atoms with Crippen molar-refractivity contribution in [2.24, 2.45) is 0 Å². The Hall–Kier alpha value is -1.69. The average Bonchev–Trinajstić information content (AvgIpc) is 3.07. The van der Waals surface area contributed by atoms with Gasteiger partial charge < -0.3 is 5.32 Å². The molecule has 0 spiro atoms. The molecule has 6 heteroatoms. The molecule has 0 aromatic carbocycles. The lowest BCUT2D eigenvalue weighted by atomic mass is 10.2. The van der Waals surface area contributed by atoms with Gasteiger partial charge in [0, 0.05) is 18.4 Å². The number of nitrogens with zero attached hydrogens (tertiary/aromatic N) is 3. The second kappa shape index (κ2) is 5.13. The van der Waals surface area contributed by atoms with Crippen molar-refractivity contribution in [3.05, 3.63) is 29.0 Å². The molecule has 0 aliphatic heterocycles. The van der Waals surface area contributed by atoms with Gasteiger partial charge in [-0.2, -0.15) is 5.10 Å². The van der Waals surface area contributed by atoms with Gasteiger partial charge in [0.25, 0.3) is 5.91 Å². The molecular weight excluding hydrogens is 260 g/mol. The van der Waals surface area contributed by atoms with Gasteiger partial charge in [-0.1, -0.05) is 24.2 Å². The van der Waals surface area contributed by atoms with Gasteiger partial charge in [0.15, 0.2) is 0 Å². The van der Waals surface area contributed by atoms with Crippen LogP contribution in [0.15, 0.2) is 18.5 Å². The van der Waals surface area contributed by atoms with Crippen LogP contribution in [0.2, 0.25) is 0 Å². The highest BCUT2D eigenvalue weighted by atomic mass is 32.1. The van der Waals surface area contributed by atoms with Crippen molar-refractivity contribution >= 4 is 17.2 Å². The van der Waals surface area contributed by atoms with E-state index in [2.05, 4.69) is 15.4 Å². The third-order valence-corrected chi connectivity index (χ3v) is 4.53. The van der Waals surface area contributed by atoms with E-state index >= 15 is 0 Å². The largest absolute Gasteiger partial charge is 0.349 e. The lowest BCUT2D eigenvalue weighted by molar-refractivity contribution is 0.0941. The highest BCUT2D eigenvalue weighted by molar-refractivity contribution is 7.16. The number of carbonyl (C=O) groups excluding carboxylic acids is 1. The molecule has 1 aliphatic carbocycles. The number of hydrogen-bond donors (Lipinski definition) is 1. The standard InChI is InChI=1S/C13H16N4OS/c1-9-11(12(18)16-10-5-2-3-6-10)19-13(15-9)17-8-4-7-14-17/h4,7-8,10H,2-3,5-6H2,1H3,(H,16,18). The Bertz CT molecular complexity index is 569. The zero-order chi connectivity index (χ0) is 13.2. The topological polar surface area (TPSA) is 59.8 Å². The number of thiazole rings is 1. The van der Waals surface area contributed by atoms with E-state index < -0.39 is 0 Å². The summed E-state index contributed by atoms with van der Waals surface area (Å²) in [5.74, 6) is 0.000283. The van der Waals surface area contributed by atoms with E-state index in [1.807, 2.05) is 19.2 Å². The second-order valence-corrected chi connectivity index (χ2v) is 5.79. The Balaban J connectivity index is 1.78. The molecule has 5 nitrogen and oxygen atoms in total. The fourth-order valence-electron chi connectivity index (χ4n) is 2.39. The first kappa shape index (κ1) is 12.3. The van der Waals surface area contributed by atoms with E-state index in [4.69, 9.17) is 0 Å². The van der Waals surface area contributed by atoms with Crippen LogP contribution in [0.5, 0.6) is 0 Å². The minimum Gasteiger partial charge on any atom is -0.349 e. The third-order valence-electron chi connectivity index (χ3n) is 3.38. The number of rotatable bonds is 3. The van der Waals surface area contributed by atoms with Crippen molar-refractivity contribution in [2.45, 2.75) is 38.6 Å². The SMILES string of the molecule is Cc1nc(-n2cccn2)sc1C(=O)NC1CCCC1. The summed E-state index contributed by atoms with van der Waals surface area (Å²) in [5.41, 5.74) is 0.769. The van der Waals surface area contributed by atoms with Crippen molar-refractivity contribution in [1.82, 2.24) is 20.1 Å². The van der Waals surface area contributed by atoms with Gasteiger partial charge in [-0.25, -0.2) is 9.67 Å². The van der Waals surface area contributed by atoms with Gasteiger partial charge in [-0.05, 0) is 25.8 Å². The molecule has 2 heterocycles. The highest BCUT2D eigenvalue weighted by Crippen LogP contribution is 2.23. The van der Waals surface area contributed by atoms with Crippen LogP contribution < -0.4 is 5.32 Å². The fourth-order valence-corrected chi connectivity index (χ4v) is 3.31. The number of aryl methyl sites for hydroxylation is 1. The van der Waals surface area contributed by atoms with E-state index in [0.29, 0.717) is 10.9 Å². The molecule has 1 amide bonds. The molecule has 100 valence electrons. The fraction of sp³-hybridized carbons (Fsp3) is 0.462. The third kappa shape index (κ3) is 2.53. The molecule has 0 unspecified atom stereocenters. The van der Waals surface area contributed by atoms with E-state index in [0.717, 1.165) is 23.7 Å². The van der Waals surface area contributed by atoms with Crippen LogP contribution in [0.1, 0.15) is 41.0 Å². The number of amides is 1. The summed E-state index contributed by atoms with van der Waals surface area (Å²) < 4.78 is 1.68. The number of aromatic nitrogens is 3. The minimum atomic E-state index is 0.000283. The van der Waals surface area contributed by atoms with Crippen LogP contribution in [0.4, 0.5) is 0 Å². The molecule has 2 aromatic heterocycles. The molecule has 1 N–H and O–H groups in total. The number of nitrogens with one attached hydrogen (secondary N) is 1. The molecule has 2 aromatic rings. The van der Waals surface area contributed by atoms with Gasteiger partial charge in [0.2, 0.25) is 5.13 Å². The lowest BCUT2D eigenvalue weighted by Gasteiger charge is -2.10. The maximum atomic E-state index is 12.2. The van der Waals surface area contributed by atoms with Gasteiger partial charge in [0.1, 0.15) is 4.88 Å². The molecule has 1 fully saturated rings. The van der Waals surface area contributed by atoms with Crippen molar-refractivity contribution in [3.8, 4) is 5.13 Å². The Morgan fingerprint density at radius 3 is 2.95 bits per heavy atom. The molecular formula is C13H16N4OS. The van der Waals surface area contributed by atoms with Crippen molar-refractivity contribution in [1.29, 1.82) is 0 Å². The zero-order valence-electron chi connectivity index (χ0n) is 10.8. The van der Waals surface area contributed by atoms with Crippen LogP contribution in [0.25, 0.3) is 5.13 Å². The summed E-state index contributed by atoms with van der Waals surface area (Å²) in [7, 11) is 0.